The molecule has 1 aliphatic heterocycles. The maximum atomic E-state index is 12.4. The van der Waals surface area contributed by atoms with E-state index in [2.05, 4.69) is 5.10 Å². The number of rotatable bonds is 1. The standard InChI is InChI=1S/C16H12N2O2/c19-16-15-14(13-9-5-4-6-11(13)10-20-15)17-18(16)12-7-2-1-3-8-12/h1-9,17H,10H2. The Morgan fingerprint density at radius 2 is 1.75 bits per heavy atom. The molecule has 0 fully saturated rings. The van der Waals surface area contributed by atoms with Gasteiger partial charge in [-0.2, -0.15) is 0 Å². The molecule has 4 rings (SSSR count). The average Bonchev–Trinajstić information content (AvgIpc) is 2.86. The van der Waals surface area contributed by atoms with Crippen LogP contribution in [-0.2, 0) is 6.61 Å². The van der Waals surface area contributed by atoms with Gasteiger partial charge in [0.1, 0.15) is 12.3 Å². The zero-order valence-corrected chi connectivity index (χ0v) is 10.7. The highest BCUT2D eigenvalue weighted by molar-refractivity contribution is 5.71. The van der Waals surface area contributed by atoms with Crippen LogP contribution < -0.4 is 10.3 Å². The van der Waals surface area contributed by atoms with Crippen molar-refractivity contribution in [3.8, 4) is 22.7 Å². The molecule has 1 N–H and O–H groups in total. The minimum atomic E-state index is -0.152. The number of nitrogens with zero attached hydrogens (tertiary/aromatic N) is 1. The molecule has 3 aromatic rings. The minimum Gasteiger partial charge on any atom is -0.481 e. The quantitative estimate of drug-likeness (QED) is 0.734. The molecule has 0 saturated carbocycles. The number of hydrogen-bond donors (Lipinski definition) is 1. The SMILES string of the molecule is O=c1c2c([nH]n1-c1ccccc1)-c1ccccc1CO2. The Labute approximate surface area is 115 Å². The first-order valence-corrected chi connectivity index (χ1v) is 6.46. The van der Waals surface area contributed by atoms with Crippen LogP contribution in [0, 0.1) is 0 Å². The summed E-state index contributed by atoms with van der Waals surface area (Å²) in [4.78, 5) is 12.4. The molecule has 0 saturated heterocycles. The summed E-state index contributed by atoms with van der Waals surface area (Å²) in [5.74, 6) is 0.396. The third-order valence-electron chi connectivity index (χ3n) is 3.52. The van der Waals surface area contributed by atoms with Crippen LogP contribution in [0.1, 0.15) is 5.56 Å². The highest BCUT2D eigenvalue weighted by atomic mass is 16.5. The van der Waals surface area contributed by atoms with Gasteiger partial charge < -0.3 is 4.74 Å². The molecule has 98 valence electrons. The molecule has 0 spiro atoms. The number of para-hydroxylation sites is 1. The van der Waals surface area contributed by atoms with E-state index in [0.717, 1.165) is 22.5 Å². The molecule has 1 aliphatic rings. The molecule has 0 aliphatic carbocycles. The van der Waals surface area contributed by atoms with E-state index in [0.29, 0.717) is 12.4 Å². The highest BCUT2D eigenvalue weighted by Gasteiger charge is 2.24. The molecule has 0 amide bonds. The summed E-state index contributed by atoms with van der Waals surface area (Å²) in [6.45, 7) is 0.436. The molecule has 0 unspecified atom stereocenters. The summed E-state index contributed by atoms with van der Waals surface area (Å²) in [5, 5.41) is 3.15. The zero-order chi connectivity index (χ0) is 13.5. The molecule has 0 atom stereocenters. The van der Waals surface area contributed by atoms with Crippen molar-refractivity contribution < 1.29 is 4.74 Å². The molecule has 20 heavy (non-hydrogen) atoms. The monoisotopic (exact) mass is 264 g/mol. The van der Waals surface area contributed by atoms with Crippen molar-refractivity contribution in [1.82, 2.24) is 9.78 Å². The van der Waals surface area contributed by atoms with Crippen LogP contribution in [0.2, 0.25) is 0 Å². The summed E-state index contributed by atoms with van der Waals surface area (Å²) < 4.78 is 7.14. The maximum absolute atomic E-state index is 12.4. The van der Waals surface area contributed by atoms with Crippen LogP contribution in [0.4, 0.5) is 0 Å². The highest BCUT2D eigenvalue weighted by Crippen LogP contribution is 2.33. The third-order valence-corrected chi connectivity index (χ3v) is 3.52. The van der Waals surface area contributed by atoms with Crippen molar-refractivity contribution >= 4 is 0 Å². The van der Waals surface area contributed by atoms with Gasteiger partial charge in [-0.25, -0.2) is 4.68 Å². The van der Waals surface area contributed by atoms with E-state index in [1.54, 1.807) is 0 Å². The summed E-state index contributed by atoms with van der Waals surface area (Å²) in [6.07, 6.45) is 0. The Bertz CT molecular complexity index is 831. The number of aromatic nitrogens is 2. The fraction of sp³-hybridized carbons (Fsp3) is 0.0625. The van der Waals surface area contributed by atoms with Crippen LogP contribution in [0.15, 0.2) is 59.4 Å². The molecule has 2 aromatic carbocycles. The van der Waals surface area contributed by atoms with Crippen molar-refractivity contribution in [2.24, 2.45) is 0 Å². The Balaban J connectivity index is 1.97. The van der Waals surface area contributed by atoms with Crippen molar-refractivity contribution in [2.75, 3.05) is 0 Å². The lowest BCUT2D eigenvalue weighted by Crippen LogP contribution is -2.16. The van der Waals surface area contributed by atoms with Gasteiger partial charge >= 0.3 is 5.56 Å². The maximum Gasteiger partial charge on any atom is 0.314 e. The molecule has 4 nitrogen and oxygen atoms in total. The smallest absolute Gasteiger partial charge is 0.314 e. The second-order valence-corrected chi connectivity index (χ2v) is 4.74. The second-order valence-electron chi connectivity index (χ2n) is 4.74. The normalized spacial score (nSPS) is 12.4. The molecule has 0 radical (unpaired) electrons. The van der Waals surface area contributed by atoms with E-state index in [4.69, 9.17) is 4.74 Å². The van der Waals surface area contributed by atoms with E-state index in [1.807, 2.05) is 54.6 Å². The van der Waals surface area contributed by atoms with Gasteiger partial charge in [-0.05, 0) is 17.7 Å². The number of nitrogens with one attached hydrogen (secondary N) is 1. The van der Waals surface area contributed by atoms with Gasteiger partial charge in [0.15, 0.2) is 0 Å². The van der Waals surface area contributed by atoms with Crippen LogP contribution in [-0.4, -0.2) is 9.78 Å². The van der Waals surface area contributed by atoms with E-state index in [9.17, 15) is 4.79 Å². The third kappa shape index (κ3) is 1.51. The predicted octanol–water partition coefficient (Wildman–Crippen LogP) is 2.73. The Hall–Kier alpha value is -2.75. The van der Waals surface area contributed by atoms with Gasteiger partial charge in [-0.1, -0.05) is 42.5 Å². The Morgan fingerprint density at radius 1 is 1.00 bits per heavy atom. The summed E-state index contributed by atoms with van der Waals surface area (Å²) >= 11 is 0. The lowest BCUT2D eigenvalue weighted by atomic mass is 10.0. The van der Waals surface area contributed by atoms with Crippen LogP contribution in [0.3, 0.4) is 0 Å². The van der Waals surface area contributed by atoms with Gasteiger partial charge in [-0.3, -0.25) is 9.89 Å². The minimum absolute atomic E-state index is 0.152. The largest absolute Gasteiger partial charge is 0.481 e. The lowest BCUT2D eigenvalue weighted by molar-refractivity contribution is 0.299. The number of aromatic amines is 1. The first-order chi connectivity index (χ1) is 9.84. The topological polar surface area (TPSA) is 47.0 Å². The zero-order valence-electron chi connectivity index (χ0n) is 10.7. The van der Waals surface area contributed by atoms with Crippen molar-refractivity contribution in [1.29, 1.82) is 0 Å². The number of hydrogen-bond acceptors (Lipinski definition) is 2. The number of H-pyrrole nitrogens is 1. The second kappa shape index (κ2) is 4.13. The van der Waals surface area contributed by atoms with E-state index in [-0.39, 0.29) is 5.56 Å². The van der Waals surface area contributed by atoms with Crippen molar-refractivity contribution in [2.45, 2.75) is 6.61 Å². The van der Waals surface area contributed by atoms with E-state index < -0.39 is 0 Å². The van der Waals surface area contributed by atoms with Crippen LogP contribution in [0.25, 0.3) is 16.9 Å². The van der Waals surface area contributed by atoms with E-state index >= 15 is 0 Å². The molecule has 1 aromatic heterocycles. The molecular weight excluding hydrogens is 252 g/mol. The average molecular weight is 264 g/mol. The van der Waals surface area contributed by atoms with Gasteiger partial charge in [0, 0.05) is 5.56 Å². The van der Waals surface area contributed by atoms with Crippen LogP contribution >= 0.6 is 0 Å². The first-order valence-electron chi connectivity index (χ1n) is 6.46. The summed E-state index contributed by atoms with van der Waals surface area (Å²) in [5.41, 5.74) is 3.51. The van der Waals surface area contributed by atoms with Gasteiger partial charge in [0.05, 0.1) is 5.69 Å². The number of ether oxygens (including phenoxy) is 1. The fourth-order valence-electron chi connectivity index (χ4n) is 2.54. The van der Waals surface area contributed by atoms with Crippen molar-refractivity contribution in [3.63, 3.8) is 0 Å². The molecule has 2 heterocycles. The first kappa shape index (κ1) is 11.1. The molecular formula is C16H12N2O2. The predicted molar refractivity (Wildman–Crippen MR) is 76.2 cm³/mol. The Kier molecular flexibility index (Phi) is 2.29. The lowest BCUT2D eigenvalue weighted by Gasteiger charge is -2.15. The summed E-state index contributed by atoms with van der Waals surface area (Å²) in [7, 11) is 0. The van der Waals surface area contributed by atoms with Gasteiger partial charge in [0.2, 0.25) is 5.75 Å². The number of benzene rings is 2. The van der Waals surface area contributed by atoms with Gasteiger partial charge in [0.25, 0.3) is 0 Å². The van der Waals surface area contributed by atoms with E-state index in [1.165, 1.54) is 4.68 Å². The fourth-order valence-corrected chi connectivity index (χ4v) is 2.54. The molecule has 4 heteroatoms. The molecule has 0 bridgehead atoms. The number of fused-ring (bicyclic) bond motifs is 3. The van der Waals surface area contributed by atoms with Gasteiger partial charge in [-0.15, -0.1) is 0 Å². The summed E-state index contributed by atoms with van der Waals surface area (Å²) in [6, 6.07) is 17.4. The van der Waals surface area contributed by atoms with Crippen molar-refractivity contribution in [3.05, 3.63) is 70.5 Å². The van der Waals surface area contributed by atoms with Crippen LogP contribution in [0.5, 0.6) is 5.75 Å². The Morgan fingerprint density at radius 3 is 2.60 bits per heavy atom.